The standard InChI is InChI=1S/C14H15N3O2/c1-9-5-3-7-11(15)12(9)17-13(18)10-6-4-8-16-14(10)19-2/h3-8H,15H2,1-2H3,(H,17,18). The molecule has 19 heavy (non-hydrogen) atoms. The lowest BCUT2D eigenvalue weighted by atomic mass is 10.1. The second-order valence-corrected chi connectivity index (χ2v) is 4.05. The molecule has 5 nitrogen and oxygen atoms in total. The van der Waals surface area contributed by atoms with Crippen molar-refractivity contribution in [3.63, 3.8) is 0 Å². The molecule has 2 aromatic rings. The quantitative estimate of drug-likeness (QED) is 0.827. The van der Waals surface area contributed by atoms with Crippen LogP contribution in [-0.4, -0.2) is 18.0 Å². The lowest BCUT2D eigenvalue weighted by molar-refractivity contribution is 0.102. The third kappa shape index (κ3) is 2.65. The number of carbonyl (C=O) groups excluding carboxylic acids is 1. The smallest absolute Gasteiger partial charge is 0.261 e. The van der Waals surface area contributed by atoms with Crippen LogP contribution < -0.4 is 15.8 Å². The van der Waals surface area contributed by atoms with Crippen molar-refractivity contribution < 1.29 is 9.53 Å². The molecule has 3 N–H and O–H groups in total. The molecule has 0 bridgehead atoms. The summed E-state index contributed by atoms with van der Waals surface area (Å²) in [7, 11) is 1.47. The van der Waals surface area contributed by atoms with Gasteiger partial charge in [0.25, 0.3) is 5.91 Å². The molecule has 0 atom stereocenters. The molecule has 0 spiro atoms. The maximum absolute atomic E-state index is 12.2. The van der Waals surface area contributed by atoms with Crippen LogP contribution in [0.2, 0.25) is 0 Å². The number of rotatable bonds is 3. The van der Waals surface area contributed by atoms with Gasteiger partial charge in [0.2, 0.25) is 5.88 Å². The molecule has 1 aromatic carbocycles. The van der Waals surface area contributed by atoms with E-state index in [1.165, 1.54) is 7.11 Å². The average molecular weight is 257 g/mol. The molecular formula is C14H15N3O2. The van der Waals surface area contributed by atoms with Crippen LogP contribution in [0.5, 0.6) is 5.88 Å². The third-order valence-corrected chi connectivity index (χ3v) is 2.75. The molecule has 5 heteroatoms. The number of anilines is 2. The van der Waals surface area contributed by atoms with Crippen LogP contribution in [0, 0.1) is 6.92 Å². The molecule has 1 aromatic heterocycles. The van der Waals surface area contributed by atoms with Crippen LogP contribution in [0.1, 0.15) is 15.9 Å². The fourth-order valence-electron chi connectivity index (χ4n) is 1.77. The van der Waals surface area contributed by atoms with Gasteiger partial charge in [-0.2, -0.15) is 0 Å². The first kappa shape index (κ1) is 12.9. The van der Waals surface area contributed by atoms with Gasteiger partial charge in [-0.1, -0.05) is 12.1 Å². The summed E-state index contributed by atoms with van der Waals surface area (Å²) >= 11 is 0. The predicted molar refractivity (Wildman–Crippen MR) is 74.3 cm³/mol. The molecule has 0 unspecified atom stereocenters. The Balaban J connectivity index is 2.31. The average Bonchev–Trinajstić information content (AvgIpc) is 2.42. The highest BCUT2D eigenvalue weighted by atomic mass is 16.5. The summed E-state index contributed by atoms with van der Waals surface area (Å²) in [4.78, 5) is 16.2. The van der Waals surface area contributed by atoms with E-state index in [4.69, 9.17) is 10.5 Å². The molecule has 0 saturated heterocycles. The Morgan fingerprint density at radius 1 is 1.32 bits per heavy atom. The zero-order valence-electron chi connectivity index (χ0n) is 10.8. The number of nitrogens with two attached hydrogens (primary N) is 1. The number of para-hydroxylation sites is 1. The van der Waals surface area contributed by atoms with E-state index in [1.54, 1.807) is 24.4 Å². The van der Waals surface area contributed by atoms with Crippen LogP contribution >= 0.6 is 0 Å². The van der Waals surface area contributed by atoms with Gasteiger partial charge >= 0.3 is 0 Å². The number of hydrogen-bond acceptors (Lipinski definition) is 4. The first-order valence-corrected chi connectivity index (χ1v) is 5.79. The van der Waals surface area contributed by atoms with E-state index in [0.717, 1.165) is 5.56 Å². The van der Waals surface area contributed by atoms with Crippen molar-refractivity contribution in [2.45, 2.75) is 6.92 Å². The lowest BCUT2D eigenvalue weighted by Gasteiger charge is -2.12. The minimum atomic E-state index is -0.300. The van der Waals surface area contributed by atoms with Crippen molar-refractivity contribution in [1.29, 1.82) is 0 Å². The maximum atomic E-state index is 12.2. The van der Waals surface area contributed by atoms with Crippen LogP contribution in [-0.2, 0) is 0 Å². The zero-order chi connectivity index (χ0) is 13.8. The van der Waals surface area contributed by atoms with Gasteiger partial charge in [0.1, 0.15) is 5.56 Å². The number of amides is 1. The highest BCUT2D eigenvalue weighted by Gasteiger charge is 2.14. The van der Waals surface area contributed by atoms with Crippen molar-refractivity contribution in [2.75, 3.05) is 18.2 Å². The first-order chi connectivity index (χ1) is 9.13. The molecule has 98 valence electrons. The van der Waals surface area contributed by atoms with Crippen LogP contribution in [0.15, 0.2) is 36.5 Å². The minimum absolute atomic E-state index is 0.284. The van der Waals surface area contributed by atoms with E-state index in [9.17, 15) is 4.79 Å². The normalized spacial score (nSPS) is 10.0. The number of aryl methyl sites for hydroxylation is 1. The highest BCUT2D eigenvalue weighted by Crippen LogP contribution is 2.24. The van der Waals surface area contributed by atoms with Gasteiger partial charge in [0.05, 0.1) is 18.5 Å². The fourth-order valence-corrected chi connectivity index (χ4v) is 1.77. The van der Waals surface area contributed by atoms with Crippen molar-refractivity contribution >= 4 is 17.3 Å². The topological polar surface area (TPSA) is 77.2 Å². The van der Waals surface area contributed by atoms with E-state index in [-0.39, 0.29) is 11.8 Å². The summed E-state index contributed by atoms with van der Waals surface area (Å²) in [5.41, 5.74) is 8.26. The Kier molecular flexibility index (Phi) is 3.66. The Labute approximate surface area is 111 Å². The highest BCUT2D eigenvalue weighted by molar-refractivity contribution is 6.07. The summed E-state index contributed by atoms with van der Waals surface area (Å²) in [6.45, 7) is 1.88. The number of nitrogens with one attached hydrogen (secondary N) is 1. The zero-order valence-corrected chi connectivity index (χ0v) is 10.8. The minimum Gasteiger partial charge on any atom is -0.480 e. The van der Waals surface area contributed by atoms with Crippen molar-refractivity contribution in [3.8, 4) is 5.88 Å². The lowest BCUT2D eigenvalue weighted by Crippen LogP contribution is -2.15. The van der Waals surface area contributed by atoms with Crippen LogP contribution in [0.25, 0.3) is 0 Å². The molecule has 0 fully saturated rings. The number of pyridine rings is 1. The molecule has 2 rings (SSSR count). The number of nitrogen functional groups attached to an aromatic ring is 1. The molecule has 0 aliphatic carbocycles. The number of ether oxygens (including phenoxy) is 1. The number of methoxy groups -OCH3 is 1. The first-order valence-electron chi connectivity index (χ1n) is 5.79. The van der Waals surface area contributed by atoms with Gasteiger partial charge in [-0.05, 0) is 30.7 Å². The molecular weight excluding hydrogens is 242 g/mol. The molecule has 1 amide bonds. The number of carbonyl (C=O) groups is 1. The summed E-state index contributed by atoms with van der Waals surface area (Å²) in [5.74, 6) is -0.0156. The van der Waals surface area contributed by atoms with Crippen LogP contribution in [0.3, 0.4) is 0 Å². The SMILES string of the molecule is COc1ncccc1C(=O)Nc1c(C)cccc1N. The Bertz CT molecular complexity index is 591. The Morgan fingerprint density at radius 3 is 2.79 bits per heavy atom. The number of benzene rings is 1. The summed E-state index contributed by atoms with van der Waals surface area (Å²) in [5, 5.41) is 2.79. The number of hydrogen-bond donors (Lipinski definition) is 2. The second kappa shape index (κ2) is 5.39. The van der Waals surface area contributed by atoms with Gasteiger partial charge < -0.3 is 15.8 Å². The van der Waals surface area contributed by atoms with Gasteiger partial charge in [0, 0.05) is 6.20 Å². The van der Waals surface area contributed by atoms with E-state index in [1.807, 2.05) is 19.1 Å². The van der Waals surface area contributed by atoms with Crippen molar-refractivity contribution in [1.82, 2.24) is 4.98 Å². The summed E-state index contributed by atoms with van der Waals surface area (Å²) in [6.07, 6.45) is 1.57. The van der Waals surface area contributed by atoms with Gasteiger partial charge in [-0.25, -0.2) is 4.98 Å². The number of aromatic nitrogens is 1. The molecule has 0 aliphatic heterocycles. The summed E-state index contributed by atoms with van der Waals surface area (Å²) < 4.78 is 5.06. The van der Waals surface area contributed by atoms with Gasteiger partial charge in [-0.3, -0.25) is 4.79 Å². The van der Waals surface area contributed by atoms with Gasteiger partial charge in [0.15, 0.2) is 0 Å². The largest absolute Gasteiger partial charge is 0.480 e. The monoisotopic (exact) mass is 257 g/mol. The Hall–Kier alpha value is -2.56. The summed E-state index contributed by atoms with van der Waals surface area (Å²) in [6, 6.07) is 8.79. The molecule has 0 radical (unpaired) electrons. The van der Waals surface area contributed by atoms with Crippen molar-refractivity contribution in [2.24, 2.45) is 0 Å². The number of nitrogens with zero attached hydrogens (tertiary/aromatic N) is 1. The Morgan fingerprint density at radius 2 is 2.11 bits per heavy atom. The molecule has 0 aliphatic rings. The second-order valence-electron chi connectivity index (χ2n) is 4.05. The van der Waals surface area contributed by atoms with E-state index < -0.39 is 0 Å². The maximum Gasteiger partial charge on any atom is 0.261 e. The fraction of sp³-hybridized carbons (Fsp3) is 0.143. The van der Waals surface area contributed by atoms with Gasteiger partial charge in [-0.15, -0.1) is 0 Å². The van der Waals surface area contributed by atoms with Crippen LogP contribution in [0.4, 0.5) is 11.4 Å². The van der Waals surface area contributed by atoms with E-state index in [2.05, 4.69) is 10.3 Å². The molecule has 0 saturated carbocycles. The molecule has 1 heterocycles. The predicted octanol–water partition coefficient (Wildman–Crippen LogP) is 2.23. The van der Waals surface area contributed by atoms with Crippen molar-refractivity contribution in [3.05, 3.63) is 47.7 Å². The van der Waals surface area contributed by atoms with E-state index >= 15 is 0 Å². The third-order valence-electron chi connectivity index (χ3n) is 2.75. The van der Waals surface area contributed by atoms with E-state index in [0.29, 0.717) is 16.9 Å².